The Balaban J connectivity index is 1.64. The maximum Gasteiger partial charge on any atom is 0.0381 e. The Hall–Kier alpha value is -0.930. The second-order valence-corrected chi connectivity index (χ2v) is 7.15. The molecule has 1 aliphatic rings. The first-order valence-corrected chi connectivity index (χ1v) is 8.14. The summed E-state index contributed by atoms with van der Waals surface area (Å²) in [6.45, 7) is 3.15. The lowest BCUT2D eigenvalue weighted by Gasteiger charge is -2.13. The number of fused-ring (bicyclic) bond motifs is 1. The molecule has 0 bridgehead atoms. The van der Waals surface area contributed by atoms with Crippen molar-refractivity contribution in [3.8, 4) is 0 Å². The average molecular weight is 334 g/mol. The van der Waals surface area contributed by atoms with Gasteiger partial charge in [0.1, 0.15) is 0 Å². The van der Waals surface area contributed by atoms with E-state index in [0.717, 1.165) is 11.0 Å². The van der Waals surface area contributed by atoms with Gasteiger partial charge in [0, 0.05) is 26.9 Å². The van der Waals surface area contributed by atoms with Crippen LogP contribution in [0.1, 0.15) is 11.1 Å². The predicted octanol–water partition coefficient (Wildman–Crippen LogP) is 4.89. The monoisotopic (exact) mass is 333 g/mol. The van der Waals surface area contributed by atoms with Crippen molar-refractivity contribution < 1.29 is 0 Å². The molecule has 0 saturated heterocycles. The fourth-order valence-corrected chi connectivity index (χ4v) is 3.99. The van der Waals surface area contributed by atoms with Crippen LogP contribution >= 0.6 is 27.7 Å². The van der Waals surface area contributed by atoms with Gasteiger partial charge in [-0.15, -0.1) is 11.8 Å². The lowest BCUT2D eigenvalue weighted by Crippen LogP contribution is -2.16. The van der Waals surface area contributed by atoms with Crippen molar-refractivity contribution in [3.63, 3.8) is 0 Å². The van der Waals surface area contributed by atoms with Crippen molar-refractivity contribution in [2.45, 2.75) is 23.5 Å². The second-order valence-electron chi connectivity index (χ2n) is 4.89. The van der Waals surface area contributed by atoms with E-state index in [4.69, 9.17) is 0 Å². The number of hydrogen-bond donors (Lipinski definition) is 1. The standard InChI is InChI=1S/C16H16BrNS/c1-11-6-7-13(17)9-15(11)18-10-14-8-12-4-2-3-5-16(12)19-14/h2-7,9,14,18H,8,10H2,1H3. The fourth-order valence-electron chi connectivity index (χ4n) is 2.38. The first-order valence-electron chi connectivity index (χ1n) is 6.47. The first-order chi connectivity index (χ1) is 9.22. The highest BCUT2D eigenvalue weighted by molar-refractivity contribution is 9.10. The Labute approximate surface area is 126 Å². The number of aryl methyl sites for hydroxylation is 1. The average Bonchev–Trinajstić information content (AvgIpc) is 2.82. The van der Waals surface area contributed by atoms with Crippen molar-refractivity contribution in [1.82, 2.24) is 0 Å². The van der Waals surface area contributed by atoms with E-state index >= 15 is 0 Å². The molecule has 0 spiro atoms. The summed E-state index contributed by atoms with van der Waals surface area (Å²) in [6, 6.07) is 15.1. The molecule has 3 heteroatoms. The summed E-state index contributed by atoms with van der Waals surface area (Å²) in [5.74, 6) is 0. The SMILES string of the molecule is Cc1ccc(Br)cc1NCC1Cc2ccccc2S1. The molecular formula is C16H16BrNS. The van der Waals surface area contributed by atoms with Crippen molar-refractivity contribution >= 4 is 33.4 Å². The van der Waals surface area contributed by atoms with Gasteiger partial charge >= 0.3 is 0 Å². The van der Waals surface area contributed by atoms with E-state index in [9.17, 15) is 0 Å². The van der Waals surface area contributed by atoms with Gasteiger partial charge in [-0.2, -0.15) is 0 Å². The predicted molar refractivity (Wildman–Crippen MR) is 87.2 cm³/mol. The van der Waals surface area contributed by atoms with Crippen LogP contribution in [0.15, 0.2) is 51.8 Å². The molecular weight excluding hydrogens is 318 g/mol. The molecule has 0 saturated carbocycles. The van der Waals surface area contributed by atoms with E-state index in [-0.39, 0.29) is 0 Å². The van der Waals surface area contributed by atoms with E-state index in [0.29, 0.717) is 5.25 Å². The number of rotatable bonds is 3. The van der Waals surface area contributed by atoms with Crippen molar-refractivity contribution in [2.75, 3.05) is 11.9 Å². The van der Waals surface area contributed by atoms with Gasteiger partial charge in [-0.05, 0) is 42.7 Å². The minimum Gasteiger partial charge on any atom is -0.384 e. The molecule has 0 fully saturated rings. The van der Waals surface area contributed by atoms with Gasteiger partial charge in [-0.25, -0.2) is 0 Å². The largest absolute Gasteiger partial charge is 0.384 e. The van der Waals surface area contributed by atoms with Gasteiger partial charge in [0.05, 0.1) is 0 Å². The summed E-state index contributed by atoms with van der Waals surface area (Å²) in [5, 5.41) is 4.21. The maximum absolute atomic E-state index is 3.58. The highest BCUT2D eigenvalue weighted by Gasteiger charge is 2.21. The van der Waals surface area contributed by atoms with E-state index in [1.165, 1.54) is 28.1 Å². The smallest absolute Gasteiger partial charge is 0.0381 e. The molecule has 0 radical (unpaired) electrons. The van der Waals surface area contributed by atoms with Crippen molar-refractivity contribution in [2.24, 2.45) is 0 Å². The van der Waals surface area contributed by atoms with E-state index in [1.54, 1.807) is 0 Å². The van der Waals surface area contributed by atoms with Crippen molar-refractivity contribution in [1.29, 1.82) is 0 Å². The quantitative estimate of drug-likeness (QED) is 0.858. The van der Waals surface area contributed by atoms with Crippen LogP contribution in [0.3, 0.4) is 0 Å². The molecule has 1 heterocycles. The Morgan fingerprint density at radius 2 is 2.11 bits per heavy atom. The van der Waals surface area contributed by atoms with Gasteiger partial charge < -0.3 is 5.32 Å². The molecule has 1 N–H and O–H groups in total. The third kappa shape index (κ3) is 2.98. The number of benzene rings is 2. The summed E-state index contributed by atoms with van der Waals surface area (Å²) < 4.78 is 1.13. The molecule has 0 aliphatic carbocycles. The molecule has 1 nitrogen and oxygen atoms in total. The van der Waals surface area contributed by atoms with E-state index in [2.05, 4.69) is 70.6 Å². The molecule has 1 unspecified atom stereocenters. The molecule has 0 aromatic heterocycles. The highest BCUT2D eigenvalue weighted by atomic mass is 79.9. The van der Waals surface area contributed by atoms with Crippen LogP contribution in [0.4, 0.5) is 5.69 Å². The topological polar surface area (TPSA) is 12.0 Å². The molecule has 3 rings (SSSR count). The lowest BCUT2D eigenvalue weighted by molar-refractivity contribution is 0.898. The lowest BCUT2D eigenvalue weighted by atomic mass is 10.1. The number of halogens is 1. The highest BCUT2D eigenvalue weighted by Crippen LogP contribution is 2.36. The van der Waals surface area contributed by atoms with Crippen LogP contribution in [0.2, 0.25) is 0 Å². The van der Waals surface area contributed by atoms with E-state index in [1.807, 2.05) is 11.8 Å². The maximum atomic E-state index is 3.58. The molecule has 0 amide bonds. The van der Waals surface area contributed by atoms with Crippen LogP contribution in [-0.2, 0) is 6.42 Å². The fraction of sp³-hybridized carbons (Fsp3) is 0.250. The zero-order chi connectivity index (χ0) is 13.2. The number of thioether (sulfide) groups is 1. The molecule has 2 aromatic rings. The minimum absolute atomic E-state index is 0.635. The Morgan fingerprint density at radius 1 is 1.26 bits per heavy atom. The molecule has 1 atom stereocenters. The van der Waals surface area contributed by atoms with Crippen LogP contribution in [-0.4, -0.2) is 11.8 Å². The molecule has 1 aliphatic heterocycles. The van der Waals surface area contributed by atoms with Crippen molar-refractivity contribution in [3.05, 3.63) is 58.1 Å². The van der Waals surface area contributed by atoms with Gasteiger partial charge in [-0.1, -0.05) is 40.2 Å². The molecule has 98 valence electrons. The number of anilines is 1. The van der Waals surface area contributed by atoms with Gasteiger partial charge in [-0.3, -0.25) is 0 Å². The summed E-state index contributed by atoms with van der Waals surface area (Å²) >= 11 is 5.52. The summed E-state index contributed by atoms with van der Waals surface area (Å²) in [5.41, 5.74) is 4.01. The van der Waals surface area contributed by atoms with Crippen LogP contribution < -0.4 is 5.32 Å². The normalized spacial score (nSPS) is 17.3. The van der Waals surface area contributed by atoms with Gasteiger partial charge in [0.25, 0.3) is 0 Å². The zero-order valence-corrected chi connectivity index (χ0v) is 13.2. The Bertz CT molecular complexity index is 572. The summed E-state index contributed by atoms with van der Waals surface area (Å²) in [7, 11) is 0. The first kappa shape index (κ1) is 13.1. The zero-order valence-electron chi connectivity index (χ0n) is 10.8. The summed E-state index contributed by atoms with van der Waals surface area (Å²) in [6.07, 6.45) is 1.17. The van der Waals surface area contributed by atoms with Gasteiger partial charge in [0.2, 0.25) is 0 Å². The Kier molecular flexibility index (Phi) is 3.85. The third-order valence-corrected chi connectivity index (χ3v) is 5.25. The number of hydrogen-bond acceptors (Lipinski definition) is 2. The van der Waals surface area contributed by atoms with Crippen LogP contribution in [0.25, 0.3) is 0 Å². The summed E-state index contributed by atoms with van der Waals surface area (Å²) in [4.78, 5) is 1.44. The van der Waals surface area contributed by atoms with Crippen LogP contribution in [0, 0.1) is 6.92 Å². The van der Waals surface area contributed by atoms with E-state index < -0.39 is 0 Å². The number of nitrogens with one attached hydrogen (secondary N) is 1. The molecule has 2 aromatic carbocycles. The van der Waals surface area contributed by atoms with Gasteiger partial charge in [0.15, 0.2) is 0 Å². The molecule has 19 heavy (non-hydrogen) atoms. The minimum atomic E-state index is 0.635. The third-order valence-electron chi connectivity index (χ3n) is 3.43. The Morgan fingerprint density at radius 3 is 2.95 bits per heavy atom. The van der Waals surface area contributed by atoms with Crippen LogP contribution in [0.5, 0.6) is 0 Å². The second kappa shape index (κ2) is 5.59.